The number of ether oxygens (including phenoxy) is 3. The van der Waals surface area contributed by atoms with Crippen molar-refractivity contribution in [1.29, 1.82) is 0 Å². The Labute approximate surface area is 92.5 Å². The number of methoxy groups -OCH3 is 2. The van der Waals surface area contributed by atoms with Gasteiger partial charge in [0.15, 0.2) is 6.29 Å². The van der Waals surface area contributed by atoms with Gasteiger partial charge in [0.2, 0.25) is 0 Å². The first kappa shape index (κ1) is 14.8. The van der Waals surface area contributed by atoms with E-state index in [0.29, 0.717) is 6.61 Å². The molecule has 0 aliphatic carbocycles. The fourth-order valence-electron chi connectivity index (χ4n) is 1.26. The maximum atomic E-state index is 8.63. The van der Waals surface area contributed by atoms with Crippen molar-refractivity contribution in [3.05, 3.63) is 0 Å². The van der Waals surface area contributed by atoms with Crippen LogP contribution in [0.3, 0.4) is 0 Å². The van der Waals surface area contributed by atoms with Gasteiger partial charge in [0.05, 0.1) is 0 Å². The molecule has 1 unspecified atom stereocenters. The van der Waals surface area contributed by atoms with E-state index in [4.69, 9.17) is 19.3 Å². The Morgan fingerprint density at radius 1 is 1.00 bits per heavy atom. The van der Waals surface area contributed by atoms with Gasteiger partial charge in [0.25, 0.3) is 0 Å². The fourth-order valence-corrected chi connectivity index (χ4v) is 1.26. The molecular weight excluding hydrogens is 196 g/mol. The van der Waals surface area contributed by atoms with Gasteiger partial charge in [0, 0.05) is 34.0 Å². The van der Waals surface area contributed by atoms with Gasteiger partial charge in [-0.05, 0) is 32.1 Å². The van der Waals surface area contributed by atoms with E-state index in [2.05, 4.69) is 0 Å². The molecule has 0 bridgehead atoms. The van der Waals surface area contributed by atoms with Gasteiger partial charge in [0.1, 0.15) is 0 Å². The van der Waals surface area contributed by atoms with E-state index in [0.717, 1.165) is 38.7 Å². The Hall–Kier alpha value is -0.160. The van der Waals surface area contributed by atoms with E-state index in [1.807, 2.05) is 0 Å². The second-order valence-corrected chi connectivity index (χ2v) is 3.46. The summed E-state index contributed by atoms with van der Waals surface area (Å²) in [5.41, 5.74) is 0. The quantitative estimate of drug-likeness (QED) is 0.424. The van der Waals surface area contributed by atoms with E-state index in [9.17, 15) is 0 Å². The first-order valence-corrected chi connectivity index (χ1v) is 5.59. The zero-order valence-corrected chi connectivity index (χ0v) is 9.91. The molecule has 0 rings (SSSR count). The summed E-state index contributed by atoms with van der Waals surface area (Å²) in [5.74, 6) is 0. The second kappa shape index (κ2) is 11.9. The average molecular weight is 220 g/mol. The van der Waals surface area contributed by atoms with Gasteiger partial charge in [-0.15, -0.1) is 0 Å². The highest BCUT2D eigenvalue weighted by molar-refractivity contribution is 4.47. The van der Waals surface area contributed by atoms with Crippen LogP contribution in [0.25, 0.3) is 0 Å². The van der Waals surface area contributed by atoms with Crippen molar-refractivity contribution in [3.63, 3.8) is 0 Å². The van der Waals surface area contributed by atoms with Gasteiger partial charge in [-0.1, -0.05) is 0 Å². The van der Waals surface area contributed by atoms with E-state index < -0.39 is 0 Å². The van der Waals surface area contributed by atoms with Crippen LogP contribution in [-0.4, -0.2) is 45.4 Å². The summed E-state index contributed by atoms with van der Waals surface area (Å²) in [7, 11) is 3.35. The number of hydrogen-bond donors (Lipinski definition) is 1. The summed E-state index contributed by atoms with van der Waals surface area (Å²) in [4.78, 5) is 0. The highest BCUT2D eigenvalue weighted by Gasteiger charge is 2.06. The standard InChI is InChI=1S/C11H24O4/c1-13-9-5-6-10-15-11(14-2)7-3-4-8-12/h11-12H,3-10H2,1-2H3. The minimum atomic E-state index is -0.126. The van der Waals surface area contributed by atoms with Gasteiger partial charge in [-0.3, -0.25) is 0 Å². The Balaban J connectivity index is 3.28. The molecule has 0 aromatic rings. The summed E-state index contributed by atoms with van der Waals surface area (Å²) in [6.45, 7) is 1.73. The normalized spacial score (nSPS) is 13.0. The van der Waals surface area contributed by atoms with Crippen molar-refractivity contribution in [2.24, 2.45) is 0 Å². The van der Waals surface area contributed by atoms with Gasteiger partial charge < -0.3 is 19.3 Å². The molecule has 4 heteroatoms. The molecular formula is C11H24O4. The molecule has 0 fully saturated rings. The van der Waals surface area contributed by atoms with Crippen molar-refractivity contribution in [2.75, 3.05) is 34.0 Å². The molecule has 0 radical (unpaired) electrons. The van der Waals surface area contributed by atoms with E-state index >= 15 is 0 Å². The lowest BCUT2D eigenvalue weighted by molar-refractivity contribution is -0.129. The van der Waals surface area contributed by atoms with Crippen LogP contribution < -0.4 is 0 Å². The van der Waals surface area contributed by atoms with Gasteiger partial charge in [-0.2, -0.15) is 0 Å². The molecule has 0 heterocycles. The van der Waals surface area contributed by atoms with Crippen LogP contribution in [0.1, 0.15) is 32.1 Å². The zero-order valence-electron chi connectivity index (χ0n) is 9.91. The topological polar surface area (TPSA) is 47.9 Å². The molecule has 0 saturated heterocycles. The van der Waals surface area contributed by atoms with E-state index in [1.165, 1.54) is 0 Å². The molecule has 1 N–H and O–H groups in total. The monoisotopic (exact) mass is 220 g/mol. The number of aliphatic hydroxyl groups is 1. The Morgan fingerprint density at radius 2 is 1.73 bits per heavy atom. The molecule has 0 aromatic heterocycles. The fraction of sp³-hybridized carbons (Fsp3) is 1.00. The van der Waals surface area contributed by atoms with Crippen molar-refractivity contribution in [3.8, 4) is 0 Å². The lowest BCUT2D eigenvalue weighted by Gasteiger charge is -2.15. The molecule has 0 aliphatic heterocycles. The lowest BCUT2D eigenvalue weighted by Crippen LogP contribution is -2.16. The molecule has 92 valence electrons. The lowest BCUT2D eigenvalue weighted by atomic mass is 10.2. The average Bonchev–Trinajstić information content (AvgIpc) is 2.26. The zero-order chi connectivity index (χ0) is 11.4. The number of aliphatic hydroxyl groups excluding tert-OH is 1. The molecule has 0 aliphatic rings. The van der Waals surface area contributed by atoms with Crippen LogP contribution in [-0.2, 0) is 14.2 Å². The Morgan fingerprint density at radius 3 is 2.33 bits per heavy atom. The maximum Gasteiger partial charge on any atom is 0.157 e. The Bertz CT molecular complexity index is 119. The first-order chi connectivity index (χ1) is 7.35. The Kier molecular flexibility index (Phi) is 11.8. The molecule has 15 heavy (non-hydrogen) atoms. The number of unbranched alkanes of at least 4 members (excludes halogenated alkanes) is 2. The van der Waals surface area contributed by atoms with Crippen LogP contribution in [0.4, 0.5) is 0 Å². The third kappa shape index (κ3) is 10.1. The molecule has 0 amide bonds. The highest BCUT2D eigenvalue weighted by atomic mass is 16.7. The van der Waals surface area contributed by atoms with Crippen molar-refractivity contribution < 1.29 is 19.3 Å². The summed E-state index contributed by atoms with van der Waals surface area (Å²) in [6.07, 6.45) is 4.48. The molecule has 0 aromatic carbocycles. The van der Waals surface area contributed by atoms with Crippen LogP contribution in [0.2, 0.25) is 0 Å². The summed E-state index contributed by atoms with van der Waals surface area (Å²) >= 11 is 0. The predicted octanol–water partition coefficient (Wildman–Crippen LogP) is 1.56. The molecule has 1 atom stereocenters. The van der Waals surface area contributed by atoms with Crippen molar-refractivity contribution in [1.82, 2.24) is 0 Å². The van der Waals surface area contributed by atoms with Crippen LogP contribution in [0.5, 0.6) is 0 Å². The van der Waals surface area contributed by atoms with E-state index in [1.54, 1.807) is 14.2 Å². The summed E-state index contributed by atoms with van der Waals surface area (Å²) in [5, 5.41) is 8.63. The van der Waals surface area contributed by atoms with Gasteiger partial charge in [-0.25, -0.2) is 0 Å². The van der Waals surface area contributed by atoms with Crippen LogP contribution in [0.15, 0.2) is 0 Å². The minimum absolute atomic E-state index is 0.126. The number of rotatable bonds is 11. The SMILES string of the molecule is COCCCCOC(CCCCO)OC. The third-order valence-electron chi connectivity index (χ3n) is 2.16. The summed E-state index contributed by atoms with van der Waals surface area (Å²) in [6, 6.07) is 0. The first-order valence-electron chi connectivity index (χ1n) is 5.59. The smallest absolute Gasteiger partial charge is 0.157 e. The van der Waals surface area contributed by atoms with E-state index in [-0.39, 0.29) is 12.9 Å². The number of hydrogen-bond acceptors (Lipinski definition) is 4. The predicted molar refractivity (Wildman–Crippen MR) is 58.8 cm³/mol. The molecule has 0 spiro atoms. The third-order valence-corrected chi connectivity index (χ3v) is 2.16. The van der Waals surface area contributed by atoms with Crippen LogP contribution in [0, 0.1) is 0 Å². The van der Waals surface area contributed by atoms with Gasteiger partial charge >= 0.3 is 0 Å². The highest BCUT2D eigenvalue weighted by Crippen LogP contribution is 2.06. The largest absolute Gasteiger partial charge is 0.396 e. The second-order valence-electron chi connectivity index (χ2n) is 3.46. The minimum Gasteiger partial charge on any atom is -0.396 e. The maximum absolute atomic E-state index is 8.63. The summed E-state index contributed by atoms with van der Waals surface area (Å²) < 4.78 is 15.6. The van der Waals surface area contributed by atoms with Crippen molar-refractivity contribution in [2.45, 2.75) is 38.4 Å². The van der Waals surface area contributed by atoms with Crippen LogP contribution >= 0.6 is 0 Å². The molecule has 0 saturated carbocycles. The van der Waals surface area contributed by atoms with Crippen molar-refractivity contribution >= 4 is 0 Å². The molecule has 4 nitrogen and oxygen atoms in total.